The minimum atomic E-state index is 0.223. The van der Waals surface area contributed by atoms with Gasteiger partial charge in [-0.25, -0.2) is 0 Å². The molecule has 0 N–H and O–H groups in total. The molecule has 0 heterocycles. The van der Waals surface area contributed by atoms with E-state index in [1.807, 2.05) is 0 Å². The Hall–Kier alpha value is -1.56. The average Bonchev–Trinajstić information content (AvgIpc) is 3.02. The van der Waals surface area contributed by atoms with Gasteiger partial charge in [0.2, 0.25) is 0 Å². The van der Waals surface area contributed by atoms with Gasteiger partial charge in [-0.2, -0.15) is 0 Å². The first-order valence-electron chi connectivity index (χ1n) is 7.85. The van der Waals surface area contributed by atoms with Gasteiger partial charge < -0.3 is 0 Å². The maximum absolute atomic E-state index is 2.36. The molecule has 1 unspecified atom stereocenters. The Labute approximate surface area is 129 Å². The lowest BCUT2D eigenvalue weighted by molar-refractivity contribution is 0.590. The lowest BCUT2D eigenvalue weighted by Gasteiger charge is -2.19. The summed E-state index contributed by atoms with van der Waals surface area (Å²) in [5.41, 5.74) is 4.76. The lowest BCUT2D eigenvalue weighted by atomic mass is 9.86. The highest BCUT2D eigenvalue weighted by Gasteiger charge is 2.59. The Bertz CT molecular complexity index is 611. The molecule has 0 aliphatic heterocycles. The second kappa shape index (κ2) is 4.73. The summed E-state index contributed by atoms with van der Waals surface area (Å²) >= 11 is 0. The van der Waals surface area contributed by atoms with Crippen LogP contribution in [-0.4, -0.2) is 0 Å². The van der Waals surface area contributed by atoms with Gasteiger partial charge in [0.15, 0.2) is 0 Å². The zero-order valence-electron chi connectivity index (χ0n) is 13.8. The molecule has 0 saturated heterocycles. The summed E-state index contributed by atoms with van der Waals surface area (Å²) < 4.78 is 0. The molecule has 1 aliphatic rings. The van der Waals surface area contributed by atoms with Crippen molar-refractivity contribution in [3.63, 3.8) is 0 Å². The van der Waals surface area contributed by atoms with Gasteiger partial charge in [0.25, 0.3) is 0 Å². The molecule has 2 aromatic carbocycles. The van der Waals surface area contributed by atoms with Crippen molar-refractivity contribution in [3.8, 4) is 0 Å². The third-order valence-corrected chi connectivity index (χ3v) is 4.82. The van der Waals surface area contributed by atoms with Gasteiger partial charge in [0, 0.05) is 11.8 Å². The Morgan fingerprint density at radius 1 is 0.810 bits per heavy atom. The average molecular weight is 277 g/mol. The summed E-state index contributed by atoms with van der Waals surface area (Å²) in [6.07, 6.45) is 0. The number of hydrogen-bond donors (Lipinski definition) is 0. The highest BCUT2D eigenvalue weighted by atomic mass is 14.6. The lowest BCUT2D eigenvalue weighted by Crippen LogP contribution is -2.10. The van der Waals surface area contributed by atoms with E-state index in [1.54, 1.807) is 5.92 Å². The van der Waals surface area contributed by atoms with Crippen LogP contribution in [0, 0.1) is 11.3 Å². The van der Waals surface area contributed by atoms with Crippen LogP contribution in [0.5, 0.6) is 0 Å². The Morgan fingerprint density at radius 3 is 1.90 bits per heavy atom. The molecule has 1 atom stereocenters. The van der Waals surface area contributed by atoms with E-state index in [-0.39, 0.29) is 10.8 Å². The van der Waals surface area contributed by atoms with Crippen LogP contribution in [0.2, 0.25) is 0 Å². The maximum Gasteiger partial charge on any atom is 0.0192 e. The van der Waals surface area contributed by atoms with Crippen LogP contribution in [-0.2, 0) is 5.41 Å². The van der Waals surface area contributed by atoms with Crippen molar-refractivity contribution < 1.29 is 0 Å². The molecule has 0 bridgehead atoms. The van der Waals surface area contributed by atoms with E-state index in [0.29, 0.717) is 5.92 Å². The largest absolute Gasteiger partial charge is 0.0622 e. The second-order valence-electron chi connectivity index (χ2n) is 7.81. The Balaban J connectivity index is 1.88. The molecule has 0 aromatic heterocycles. The van der Waals surface area contributed by atoms with Crippen molar-refractivity contribution >= 4 is 0 Å². The molecule has 1 saturated carbocycles. The number of hydrogen-bond acceptors (Lipinski definition) is 0. The van der Waals surface area contributed by atoms with Gasteiger partial charge in [-0.15, -0.1) is 0 Å². The first-order valence-corrected chi connectivity index (χ1v) is 7.85. The molecule has 1 radical (unpaired) electrons. The van der Waals surface area contributed by atoms with Gasteiger partial charge >= 0.3 is 0 Å². The zero-order chi connectivity index (χ0) is 15.3. The van der Waals surface area contributed by atoms with E-state index in [4.69, 9.17) is 0 Å². The summed E-state index contributed by atoms with van der Waals surface area (Å²) in [6, 6.07) is 20.1. The molecule has 1 aliphatic carbocycles. The molecule has 109 valence electrons. The Kier molecular flexibility index (Phi) is 3.24. The van der Waals surface area contributed by atoms with Crippen LogP contribution in [0.3, 0.4) is 0 Å². The van der Waals surface area contributed by atoms with E-state index in [9.17, 15) is 0 Å². The fraction of sp³-hybridized carbons (Fsp3) is 0.381. The smallest absolute Gasteiger partial charge is 0.0192 e. The van der Waals surface area contributed by atoms with Crippen molar-refractivity contribution in [1.29, 1.82) is 0 Å². The van der Waals surface area contributed by atoms with Gasteiger partial charge in [0.05, 0.1) is 0 Å². The topological polar surface area (TPSA) is 0 Å². The fourth-order valence-corrected chi connectivity index (χ4v) is 3.46. The minimum Gasteiger partial charge on any atom is -0.0622 e. The Morgan fingerprint density at radius 2 is 1.38 bits per heavy atom. The molecule has 1 fully saturated rings. The van der Waals surface area contributed by atoms with Crippen molar-refractivity contribution in [1.82, 2.24) is 0 Å². The predicted octanol–water partition coefficient (Wildman–Crippen LogP) is 5.73. The van der Waals surface area contributed by atoms with Crippen molar-refractivity contribution in [2.45, 2.75) is 46.0 Å². The van der Waals surface area contributed by atoms with E-state index in [0.717, 1.165) is 0 Å². The second-order valence-corrected chi connectivity index (χ2v) is 7.81. The summed E-state index contributed by atoms with van der Waals surface area (Å²) in [5, 5.41) is 0. The van der Waals surface area contributed by atoms with Crippen LogP contribution >= 0.6 is 0 Å². The van der Waals surface area contributed by atoms with Crippen LogP contribution in [0.4, 0.5) is 0 Å². The summed E-state index contributed by atoms with van der Waals surface area (Å²) in [4.78, 5) is 0. The molecule has 0 spiro atoms. The predicted molar refractivity (Wildman–Crippen MR) is 90.5 cm³/mol. The standard InChI is InChI=1S/C21H25/c1-20(2,3)17-13-11-16(12-14-17)19-18(21(19,4)5)15-9-7-6-8-10-15/h6-14,18H,1-5H3. The quantitative estimate of drug-likeness (QED) is 0.657. The highest BCUT2D eigenvalue weighted by molar-refractivity contribution is 5.56. The summed E-state index contributed by atoms with van der Waals surface area (Å²) in [5.74, 6) is 2.15. The first kappa shape index (κ1) is 14.4. The molecule has 2 aromatic rings. The molecule has 0 nitrogen and oxygen atoms in total. The maximum atomic E-state index is 2.36. The SMILES string of the molecule is CC(C)(C)c1ccc([C]2C(c3ccccc3)C2(C)C)cc1. The fourth-order valence-electron chi connectivity index (χ4n) is 3.46. The van der Waals surface area contributed by atoms with Gasteiger partial charge in [-0.1, -0.05) is 89.2 Å². The van der Waals surface area contributed by atoms with E-state index in [1.165, 1.54) is 16.7 Å². The van der Waals surface area contributed by atoms with Crippen LogP contribution in [0.1, 0.15) is 57.2 Å². The third kappa shape index (κ3) is 2.52. The molecular weight excluding hydrogens is 252 g/mol. The molecular formula is C21H25. The first-order chi connectivity index (χ1) is 9.82. The van der Waals surface area contributed by atoms with E-state index < -0.39 is 0 Å². The normalized spacial score (nSPS) is 21.3. The van der Waals surface area contributed by atoms with Crippen LogP contribution in [0.15, 0.2) is 54.6 Å². The van der Waals surface area contributed by atoms with Crippen LogP contribution in [0.25, 0.3) is 0 Å². The monoisotopic (exact) mass is 277 g/mol. The van der Waals surface area contributed by atoms with Crippen LogP contribution < -0.4 is 0 Å². The number of rotatable bonds is 2. The zero-order valence-corrected chi connectivity index (χ0v) is 13.8. The summed E-state index contributed by atoms with van der Waals surface area (Å²) in [7, 11) is 0. The van der Waals surface area contributed by atoms with Gasteiger partial charge in [-0.05, 0) is 27.5 Å². The van der Waals surface area contributed by atoms with Gasteiger partial charge in [-0.3, -0.25) is 0 Å². The van der Waals surface area contributed by atoms with Crippen molar-refractivity contribution in [2.24, 2.45) is 5.41 Å². The molecule has 3 rings (SSSR count). The molecule has 21 heavy (non-hydrogen) atoms. The summed E-state index contributed by atoms with van der Waals surface area (Å²) in [6.45, 7) is 11.5. The van der Waals surface area contributed by atoms with E-state index >= 15 is 0 Å². The molecule has 0 amide bonds. The molecule has 0 heteroatoms. The van der Waals surface area contributed by atoms with Gasteiger partial charge in [0.1, 0.15) is 0 Å². The third-order valence-electron chi connectivity index (χ3n) is 4.82. The van der Waals surface area contributed by atoms with E-state index in [2.05, 4.69) is 89.2 Å². The minimum absolute atomic E-state index is 0.223. The highest BCUT2D eigenvalue weighted by Crippen LogP contribution is 2.68. The van der Waals surface area contributed by atoms with Crippen molar-refractivity contribution in [3.05, 3.63) is 77.2 Å². The number of benzene rings is 2. The van der Waals surface area contributed by atoms with Crippen molar-refractivity contribution in [2.75, 3.05) is 0 Å².